The zero-order chi connectivity index (χ0) is 21.8. The fourth-order valence-corrected chi connectivity index (χ4v) is 3.51. The summed E-state index contributed by atoms with van der Waals surface area (Å²) in [5, 5.41) is 11.4. The van der Waals surface area contributed by atoms with Crippen molar-refractivity contribution in [2.75, 3.05) is 25.1 Å². The molecule has 0 radical (unpaired) electrons. The summed E-state index contributed by atoms with van der Waals surface area (Å²) < 4.78 is 17.2. The van der Waals surface area contributed by atoms with Gasteiger partial charge in [0.15, 0.2) is 6.10 Å². The smallest absolute Gasteiger partial charge is 0.262 e. The molecule has 2 atom stereocenters. The van der Waals surface area contributed by atoms with E-state index in [0.717, 1.165) is 23.4 Å². The van der Waals surface area contributed by atoms with Crippen LogP contribution in [0.25, 0.3) is 11.5 Å². The van der Waals surface area contributed by atoms with E-state index < -0.39 is 6.10 Å². The molecule has 0 fully saturated rings. The maximum absolute atomic E-state index is 12.6. The molecule has 2 heterocycles. The third-order valence-electron chi connectivity index (χ3n) is 5.25. The highest BCUT2D eigenvalue weighted by Crippen LogP contribution is 2.38. The molecular formula is C23H26N4O4. The lowest BCUT2D eigenvalue weighted by Crippen LogP contribution is -2.49. The maximum atomic E-state index is 12.6. The Bertz CT molecular complexity index is 1030. The van der Waals surface area contributed by atoms with Crippen LogP contribution in [-0.4, -0.2) is 42.4 Å². The van der Waals surface area contributed by atoms with Crippen LogP contribution in [0.5, 0.6) is 11.5 Å². The van der Waals surface area contributed by atoms with E-state index in [4.69, 9.17) is 13.9 Å². The number of anilines is 1. The molecule has 2 aromatic carbocycles. The zero-order valence-corrected chi connectivity index (χ0v) is 17.9. The molecule has 1 amide bonds. The Labute approximate surface area is 181 Å². The molecule has 0 saturated heterocycles. The number of aromatic nitrogens is 2. The van der Waals surface area contributed by atoms with Crippen molar-refractivity contribution < 1.29 is 18.7 Å². The van der Waals surface area contributed by atoms with Crippen molar-refractivity contribution in [1.82, 2.24) is 15.5 Å². The first-order valence-electron chi connectivity index (χ1n) is 10.4. The van der Waals surface area contributed by atoms with Gasteiger partial charge in [0.1, 0.15) is 17.5 Å². The largest absolute Gasteiger partial charge is 0.497 e. The lowest BCUT2D eigenvalue weighted by Gasteiger charge is -2.38. The summed E-state index contributed by atoms with van der Waals surface area (Å²) in [6, 6.07) is 14.9. The summed E-state index contributed by atoms with van der Waals surface area (Å²) in [6.07, 6.45) is 0.249. The average Bonchev–Trinajstić information content (AvgIpc) is 3.31. The summed E-state index contributed by atoms with van der Waals surface area (Å²) in [7, 11) is 1.62. The topological polar surface area (TPSA) is 89.7 Å². The minimum atomic E-state index is -0.618. The molecule has 31 heavy (non-hydrogen) atoms. The molecule has 1 aliphatic rings. The van der Waals surface area contributed by atoms with Crippen LogP contribution in [0.3, 0.4) is 0 Å². The quantitative estimate of drug-likeness (QED) is 0.622. The second-order valence-electron chi connectivity index (χ2n) is 7.37. The second-order valence-corrected chi connectivity index (χ2v) is 7.37. The van der Waals surface area contributed by atoms with E-state index in [1.165, 1.54) is 0 Å². The zero-order valence-electron chi connectivity index (χ0n) is 17.9. The predicted molar refractivity (Wildman–Crippen MR) is 116 cm³/mol. The van der Waals surface area contributed by atoms with Crippen molar-refractivity contribution >= 4 is 11.6 Å². The Morgan fingerprint density at radius 1 is 1.23 bits per heavy atom. The highest BCUT2D eigenvalue weighted by molar-refractivity contribution is 5.83. The van der Waals surface area contributed by atoms with Gasteiger partial charge in [-0.05, 0) is 49.7 Å². The summed E-state index contributed by atoms with van der Waals surface area (Å²) in [5.74, 6) is 2.19. The summed E-state index contributed by atoms with van der Waals surface area (Å²) in [4.78, 5) is 14.7. The molecule has 8 heteroatoms. The molecule has 0 bridgehead atoms. The lowest BCUT2D eigenvalue weighted by atomic mass is 10.1. The Morgan fingerprint density at radius 2 is 2.00 bits per heavy atom. The maximum Gasteiger partial charge on any atom is 0.262 e. The van der Waals surface area contributed by atoms with Crippen molar-refractivity contribution in [3.63, 3.8) is 0 Å². The van der Waals surface area contributed by atoms with Gasteiger partial charge in [-0.2, -0.15) is 0 Å². The summed E-state index contributed by atoms with van der Waals surface area (Å²) in [5.41, 5.74) is 1.70. The van der Waals surface area contributed by atoms with Gasteiger partial charge in [-0.3, -0.25) is 4.79 Å². The highest BCUT2D eigenvalue weighted by atomic mass is 16.5. The average molecular weight is 422 g/mol. The van der Waals surface area contributed by atoms with Gasteiger partial charge in [0.25, 0.3) is 5.91 Å². The van der Waals surface area contributed by atoms with Gasteiger partial charge in [0, 0.05) is 12.1 Å². The number of fused-ring (bicyclic) bond motifs is 1. The molecule has 8 nitrogen and oxygen atoms in total. The Hall–Kier alpha value is -3.55. The minimum absolute atomic E-state index is 0.127. The van der Waals surface area contributed by atoms with Crippen LogP contribution in [0.15, 0.2) is 52.9 Å². The van der Waals surface area contributed by atoms with Gasteiger partial charge in [0.2, 0.25) is 11.8 Å². The molecule has 1 aromatic heterocycles. The van der Waals surface area contributed by atoms with Gasteiger partial charge in [-0.15, -0.1) is 10.2 Å². The van der Waals surface area contributed by atoms with E-state index in [1.807, 2.05) is 62.4 Å². The number of nitrogens with one attached hydrogen (secondary N) is 1. The molecule has 0 unspecified atom stereocenters. The van der Waals surface area contributed by atoms with Crippen molar-refractivity contribution in [1.29, 1.82) is 0 Å². The van der Waals surface area contributed by atoms with E-state index in [2.05, 4.69) is 20.4 Å². The molecule has 4 rings (SSSR count). The number of nitrogens with zero attached hydrogens (tertiary/aromatic N) is 3. The normalized spacial score (nSPS) is 16.2. The highest BCUT2D eigenvalue weighted by Gasteiger charge is 2.34. The first-order chi connectivity index (χ1) is 15.1. The second kappa shape index (κ2) is 9.07. The van der Waals surface area contributed by atoms with Crippen LogP contribution < -0.4 is 19.7 Å². The number of amides is 1. The lowest BCUT2D eigenvalue weighted by molar-refractivity contribution is -0.127. The van der Waals surface area contributed by atoms with Crippen LogP contribution in [0.1, 0.15) is 32.2 Å². The van der Waals surface area contributed by atoms with Crippen LogP contribution >= 0.6 is 0 Å². The van der Waals surface area contributed by atoms with Crippen molar-refractivity contribution in [3.8, 4) is 23.0 Å². The van der Waals surface area contributed by atoms with Crippen molar-refractivity contribution in [3.05, 3.63) is 54.4 Å². The molecule has 0 aliphatic carbocycles. The predicted octanol–water partition coefficient (Wildman–Crippen LogP) is 3.60. The molecule has 1 N–H and O–H groups in total. The van der Waals surface area contributed by atoms with E-state index in [1.54, 1.807) is 7.11 Å². The van der Waals surface area contributed by atoms with Crippen molar-refractivity contribution in [2.45, 2.75) is 32.4 Å². The number of para-hydroxylation sites is 2. The summed E-state index contributed by atoms with van der Waals surface area (Å²) >= 11 is 0. The number of ether oxygens (including phenoxy) is 2. The van der Waals surface area contributed by atoms with Crippen LogP contribution in [-0.2, 0) is 4.79 Å². The third kappa shape index (κ3) is 4.33. The minimum Gasteiger partial charge on any atom is -0.497 e. The van der Waals surface area contributed by atoms with E-state index in [-0.39, 0.29) is 11.9 Å². The first-order valence-corrected chi connectivity index (χ1v) is 10.4. The Balaban J connectivity index is 1.58. The van der Waals surface area contributed by atoms with Gasteiger partial charge < -0.3 is 24.1 Å². The van der Waals surface area contributed by atoms with Crippen molar-refractivity contribution in [2.24, 2.45) is 0 Å². The van der Waals surface area contributed by atoms with Gasteiger partial charge >= 0.3 is 0 Å². The van der Waals surface area contributed by atoms with E-state index in [9.17, 15) is 4.79 Å². The fourth-order valence-electron chi connectivity index (χ4n) is 3.51. The van der Waals surface area contributed by atoms with Gasteiger partial charge in [-0.1, -0.05) is 19.1 Å². The molecule has 0 spiro atoms. The van der Waals surface area contributed by atoms with E-state index >= 15 is 0 Å². The van der Waals surface area contributed by atoms with Gasteiger partial charge in [0.05, 0.1) is 19.3 Å². The Kier molecular flexibility index (Phi) is 6.06. The number of hydrogen-bond acceptors (Lipinski definition) is 7. The van der Waals surface area contributed by atoms with E-state index in [0.29, 0.717) is 30.6 Å². The van der Waals surface area contributed by atoms with Crippen LogP contribution in [0.4, 0.5) is 5.69 Å². The third-order valence-corrected chi connectivity index (χ3v) is 5.25. The standard InChI is InChI=1S/C23H26N4O4/c1-4-13-24-21(28)20-14-27(18-7-5-6-8-19(18)30-20)15(2)22-25-26-23(31-22)16-9-11-17(29-3)12-10-16/h5-12,15,20H,4,13-14H2,1-3H3,(H,24,28)/t15-,20-/m0/s1. The fraction of sp³-hybridized carbons (Fsp3) is 0.348. The molecule has 0 saturated carbocycles. The Morgan fingerprint density at radius 3 is 2.74 bits per heavy atom. The number of hydrogen-bond donors (Lipinski definition) is 1. The monoisotopic (exact) mass is 422 g/mol. The van der Waals surface area contributed by atoms with Crippen LogP contribution in [0, 0.1) is 0 Å². The van der Waals surface area contributed by atoms with Crippen LogP contribution in [0.2, 0.25) is 0 Å². The van der Waals surface area contributed by atoms with Gasteiger partial charge in [-0.25, -0.2) is 0 Å². The summed E-state index contributed by atoms with van der Waals surface area (Å²) in [6.45, 7) is 4.99. The number of rotatable bonds is 7. The SMILES string of the molecule is CCCNC(=O)[C@@H]1CN([C@@H](C)c2nnc(-c3ccc(OC)cc3)o2)c2ccccc2O1. The number of benzene rings is 2. The molecule has 162 valence electrons. The molecule has 1 aliphatic heterocycles. The number of carbonyl (C=O) groups excluding carboxylic acids is 1. The molecule has 3 aromatic rings. The first kappa shape index (κ1) is 20.7. The molecular weight excluding hydrogens is 396 g/mol. The number of carbonyl (C=O) groups is 1. The number of methoxy groups -OCH3 is 1.